The fraction of sp³-hybridized carbons (Fsp3) is 0.176. The van der Waals surface area contributed by atoms with Gasteiger partial charge in [-0.1, -0.05) is 18.2 Å². The summed E-state index contributed by atoms with van der Waals surface area (Å²) in [5.41, 5.74) is 1.19. The first-order valence-corrected chi connectivity index (χ1v) is 8.85. The van der Waals surface area contributed by atoms with Crippen molar-refractivity contribution in [1.82, 2.24) is 4.72 Å². The van der Waals surface area contributed by atoms with Crippen molar-refractivity contribution < 1.29 is 22.7 Å². The van der Waals surface area contributed by atoms with E-state index in [4.69, 9.17) is 4.74 Å². The van der Waals surface area contributed by atoms with E-state index in [0.717, 1.165) is 12.5 Å². The molecular weight excluding hydrogens is 344 g/mol. The topological polar surface area (TPSA) is 102 Å². The Balaban J connectivity index is 2.06. The minimum atomic E-state index is -3.89. The Labute approximate surface area is 146 Å². The molecular formula is C17H18N2O5S. The summed E-state index contributed by atoms with van der Waals surface area (Å²) in [6.07, 6.45) is 0.121. The zero-order valence-electron chi connectivity index (χ0n) is 13.8. The highest BCUT2D eigenvalue weighted by molar-refractivity contribution is 7.90. The van der Waals surface area contributed by atoms with Crippen LogP contribution in [0.15, 0.2) is 53.4 Å². The number of anilines is 1. The van der Waals surface area contributed by atoms with Gasteiger partial charge in [0.2, 0.25) is 11.8 Å². The van der Waals surface area contributed by atoms with Crippen molar-refractivity contribution >= 4 is 27.5 Å². The van der Waals surface area contributed by atoms with Crippen molar-refractivity contribution in [3.05, 3.63) is 54.1 Å². The number of para-hydroxylation sites is 1. The third-order valence-electron chi connectivity index (χ3n) is 3.27. The Bertz CT molecular complexity index is 876. The van der Waals surface area contributed by atoms with Gasteiger partial charge in [0.15, 0.2) is 0 Å². The van der Waals surface area contributed by atoms with Gasteiger partial charge in [0, 0.05) is 18.2 Å². The maximum Gasteiger partial charge on any atom is 0.264 e. The summed E-state index contributed by atoms with van der Waals surface area (Å²) < 4.78 is 30.8. The van der Waals surface area contributed by atoms with Crippen LogP contribution >= 0.6 is 0 Å². The first-order chi connectivity index (χ1) is 11.8. The van der Waals surface area contributed by atoms with Gasteiger partial charge in [-0.15, -0.1) is 0 Å². The zero-order valence-corrected chi connectivity index (χ0v) is 14.6. The number of rotatable bonds is 6. The fourth-order valence-electron chi connectivity index (χ4n) is 2.19. The van der Waals surface area contributed by atoms with Crippen molar-refractivity contribution in [2.24, 2.45) is 0 Å². The van der Waals surface area contributed by atoms with Crippen LogP contribution in [0.5, 0.6) is 5.75 Å². The average Bonchev–Trinajstić information content (AvgIpc) is 2.54. The summed E-state index contributed by atoms with van der Waals surface area (Å²) in [7, 11) is -2.36. The molecule has 2 rings (SSSR count). The van der Waals surface area contributed by atoms with Gasteiger partial charge in [-0.2, -0.15) is 0 Å². The minimum Gasteiger partial charge on any atom is -0.496 e. The molecule has 0 spiro atoms. The maximum absolute atomic E-state index is 12.1. The van der Waals surface area contributed by atoms with Crippen LogP contribution in [0.2, 0.25) is 0 Å². The molecule has 0 atom stereocenters. The van der Waals surface area contributed by atoms with E-state index in [-0.39, 0.29) is 17.2 Å². The Morgan fingerprint density at radius 2 is 1.68 bits per heavy atom. The van der Waals surface area contributed by atoms with Gasteiger partial charge in [0.25, 0.3) is 10.0 Å². The molecule has 0 heterocycles. The molecule has 0 saturated heterocycles. The van der Waals surface area contributed by atoms with E-state index in [1.807, 2.05) is 16.9 Å². The highest BCUT2D eigenvalue weighted by atomic mass is 32.2. The minimum absolute atomic E-state index is 0.0644. The molecule has 0 radical (unpaired) electrons. The van der Waals surface area contributed by atoms with Crippen LogP contribution < -0.4 is 14.8 Å². The lowest BCUT2D eigenvalue weighted by molar-refractivity contribution is -0.117. The van der Waals surface area contributed by atoms with Crippen molar-refractivity contribution in [2.75, 3.05) is 12.4 Å². The summed E-state index contributed by atoms with van der Waals surface area (Å²) in [5, 5.41) is 2.68. The number of benzene rings is 2. The number of carbonyl (C=O) groups is 2. The van der Waals surface area contributed by atoms with E-state index in [1.54, 1.807) is 12.1 Å². The van der Waals surface area contributed by atoms with E-state index in [0.29, 0.717) is 11.4 Å². The summed E-state index contributed by atoms with van der Waals surface area (Å²) in [4.78, 5) is 23.0. The van der Waals surface area contributed by atoms with Gasteiger partial charge < -0.3 is 10.1 Å². The number of hydrogen-bond donors (Lipinski definition) is 2. The molecule has 0 aliphatic carbocycles. The number of hydrogen-bond acceptors (Lipinski definition) is 5. The second kappa shape index (κ2) is 7.80. The molecule has 0 fully saturated rings. The number of ether oxygens (including phenoxy) is 1. The molecule has 132 valence electrons. The molecule has 2 N–H and O–H groups in total. The van der Waals surface area contributed by atoms with E-state index >= 15 is 0 Å². The smallest absolute Gasteiger partial charge is 0.264 e. The molecule has 2 aromatic carbocycles. The van der Waals surface area contributed by atoms with E-state index in [1.165, 1.54) is 31.4 Å². The summed E-state index contributed by atoms with van der Waals surface area (Å²) in [5.74, 6) is -0.314. The highest BCUT2D eigenvalue weighted by Gasteiger charge is 2.15. The van der Waals surface area contributed by atoms with Gasteiger partial charge in [-0.05, 0) is 30.3 Å². The zero-order chi connectivity index (χ0) is 18.4. The van der Waals surface area contributed by atoms with Crippen LogP contribution in [0.1, 0.15) is 12.5 Å². The summed E-state index contributed by atoms with van der Waals surface area (Å²) in [6, 6.07) is 12.7. The first-order valence-electron chi connectivity index (χ1n) is 7.37. The monoisotopic (exact) mass is 362 g/mol. The van der Waals surface area contributed by atoms with Gasteiger partial charge in [0.1, 0.15) is 5.75 Å². The Kier molecular flexibility index (Phi) is 5.76. The van der Waals surface area contributed by atoms with Gasteiger partial charge in [-0.3, -0.25) is 9.59 Å². The van der Waals surface area contributed by atoms with E-state index in [9.17, 15) is 18.0 Å². The van der Waals surface area contributed by atoms with Crippen LogP contribution in [0.3, 0.4) is 0 Å². The number of sulfonamides is 1. The van der Waals surface area contributed by atoms with Crippen molar-refractivity contribution in [2.45, 2.75) is 18.2 Å². The van der Waals surface area contributed by atoms with Crippen molar-refractivity contribution in [1.29, 1.82) is 0 Å². The molecule has 2 amide bonds. The molecule has 0 saturated carbocycles. The van der Waals surface area contributed by atoms with Gasteiger partial charge in [-0.25, -0.2) is 13.1 Å². The third kappa shape index (κ3) is 5.05. The largest absolute Gasteiger partial charge is 0.496 e. The summed E-state index contributed by atoms with van der Waals surface area (Å²) >= 11 is 0. The molecule has 0 aliphatic rings. The van der Waals surface area contributed by atoms with Crippen LogP contribution in [0.25, 0.3) is 0 Å². The van der Waals surface area contributed by atoms with Crippen LogP contribution in [0.4, 0.5) is 5.69 Å². The average molecular weight is 362 g/mol. The number of carbonyl (C=O) groups excluding carboxylic acids is 2. The van der Waals surface area contributed by atoms with Gasteiger partial charge in [0.05, 0.1) is 18.4 Å². The van der Waals surface area contributed by atoms with E-state index in [2.05, 4.69) is 5.32 Å². The number of amides is 2. The Hall–Kier alpha value is -2.87. The molecule has 25 heavy (non-hydrogen) atoms. The first kappa shape index (κ1) is 18.5. The lowest BCUT2D eigenvalue weighted by Gasteiger charge is -2.10. The van der Waals surface area contributed by atoms with Gasteiger partial charge >= 0.3 is 0 Å². The van der Waals surface area contributed by atoms with Crippen molar-refractivity contribution in [3.63, 3.8) is 0 Å². The van der Waals surface area contributed by atoms with Crippen LogP contribution in [-0.2, 0) is 26.0 Å². The normalized spacial score (nSPS) is 10.8. The highest BCUT2D eigenvalue weighted by Crippen LogP contribution is 2.19. The van der Waals surface area contributed by atoms with E-state index < -0.39 is 15.9 Å². The predicted octanol–water partition coefficient (Wildman–Crippen LogP) is 1.70. The second-order valence-corrected chi connectivity index (χ2v) is 6.91. The number of nitrogens with one attached hydrogen (secondary N) is 2. The van der Waals surface area contributed by atoms with Crippen LogP contribution in [0, 0.1) is 0 Å². The number of methoxy groups -OCH3 is 1. The third-order valence-corrected chi connectivity index (χ3v) is 4.72. The quantitative estimate of drug-likeness (QED) is 0.814. The van der Waals surface area contributed by atoms with Crippen molar-refractivity contribution in [3.8, 4) is 5.75 Å². The molecule has 7 nitrogen and oxygen atoms in total. The SMILES string of the molecule is COc1ccccc1CC(=O)Nc1ccc(S(=O)(=O)NC(C)=O)cc1. The molecule has 0 aromatic heterocycles. The van der Waals surface area contributed by atoms with Crippen LogP contribution in [-0.4, -0.2) is 27.3 Å². The molecule has 2 aromatic rings. The Morgan fingerprint density at radius 3 is 2.28 bits per heavy atom. The Morgan fingerprint density at radius 1 is 1.04 bits per heavy atom. The molecule has 0 unspecified atom stereocenters. The fourth-order valence-corrected chi connectivity index (χ4v) is 3.18. The standard InChI is InChI=1S/C17H18N2O5S/c1-12(20)19-25(22,23)15-9-7-14(8-10-15)18-17(21)11-13-5-3-4-6-16(13)24-2/h3-10H,11H2,1-2H3,(H,18,21)(H,19,20). The predicted molar refractivity (Wildman–Crippen MR) is 92.8 cm³/mol. The lowest BCUT2D eigenvalue weighted by Crippen LogP contribution is -2.28. The molecule has 8 heteroatoms. The molecule has 0 aliphatic heterocycles. The molecule has 0 bridgehead atoms. The maximum atomic E-state index is 12.1. The second-order valence-electron chi connectivity index (χ2n) is 5.22. The lowest BCUT2D eigenvalue weighted by atomic mass is 10.1. The summed E-state index contributed by atoms with van der Waals surface area (Å²) in [6.45, 7) is 1.12.